The van der Waals surface area contributed by atoms with E-state index in [9.17, 15) is 0 Å². The summed E-state index contributed by atoms with van der Waals surface area (Å²) in [5.74, 6) is 2.24. The Labute approximate surface area is 106 Å². The second-order valence-electron chi connectivity index (χ2n) is 6.24. The Balaban J connectivity index is 1.99. The normalized spacial score (nSPS) is 36.2. The Hall–Kier alpha value is -0.120. The lowest BCUT2D eigenvalue weighted by Crippen LogP contribution is -2.42. The average Bonchev–Trinajstić information content (AvgIpc) is 2.70. The summed E-state index contributed by atoms with van der Waals surface area (Å²) in [4.78, 5) is 2.63. The van der Waals surface area contributed by atoms with Crippen LogP contribution in [0.25, 0.3) is 0 Å². The Kier molecular flexibility index (Phi) is 4.45. The molecule has 3 heteroatoms. The van der Waals surface area contributed by atoms with Crippen molar-refractivity contribution < 1.29 is 4.74 Å². The van der Waals surface area contributed by atoms with Crippen LogP contribution < -0.4 is 5.73 Å². The molecule has 0 spiro atoms. The molecule has 0 bridgehead atoms. The van der Waals surface area contributed by atoms with Crippen molar-refractivity contribution in [3.63, 3.8) is 0 Å². The molecule has 1 saturated carbocycles. The summed E-state index contributed by atoms with van der Waals surface area (Å²) in [5, 5.41) is 0. The quantitative estimate of drug-likeness (QED) is 0.813. The lowest BCUT2D eigenvalue weighted by Gasteiger charge is -2.31. The van der Waals surface area contributed by atoms with E-state index in [4.69, 9.17) is 10.5 Å². The molecule has 0 aromatic heterocycles. The second kappa shape index (κ2) is 5.68. The van der Waals surface area contributed by atoms with Crippen LogP contribution in [0.2, 0.25) is 0 Å². The molecule has 1 heterocycles. The number of nitrogens with two attached hydrogens (primary N) is 1. The van der Waals surface area contributed by atoms with Gasteiger partial charge in [-0.05, 0) is 30.6 Å². The van der Waals surface area contributed by atoms with Crippen LogP contribution in [0.4, 0.5) is 0 Å². The number of fused-ring (bicyclic) bond motifs is 1. The molecule has 3 nitrogen and oxygen atoms in total. The molecule has 17 heavy (non-hydrogen) atoms. The fourth-order valence-electron chi connectivity index (χ4n) is 3.71. The van der Waals surface area contributed by atoms with Crippen molar-refractivity contribution in [1.29, 1.82) is 0 Å². The Morgan fingerprint density at radius 2 is 2.06 bits per heavy atom. The van der Waals surface area contributed by atoms with Gasteiger partial charge in [0.2, 0.25) is 0 Å². The summed E-state index contributed by atoms with van der Waals surface area (Å²) in [5.41, 5.74) is 6.27. The molecule has 1 aliphatic carbocycles. The second-order valence-corrected chi connectivity index (χ2v) is 6.24. The predicted octanol–water partition coefficient (Wildman–Crippen LogP) is 1.72. The van der Waals surface area contributed by atoms with Crippen molar-refractivity contribution in [3.05, 3.63) is 0 Å². The van der Waals surface area contributed by atoms with Crippen LogP contribution in [-0.4, -0.2) is 43.8 Å². The molecule has 2 N–H and O–H groups in total. The number of likely N-dealkylation sites (tertiary alicyclic amines) is 1. The maximum absolute atomic E-state index is 6.27. The summed E-state index contributed by atoms with van der Waals surface area (Å²) < 4.78 is 5.38. The molecule has 1 saturated heterocycles. The molecular weight excluding hydrogens is 212 g/mol. The first kappa shape index (κ1) is 13.3. The Bertz CT molecular complexity index is 244. The molecule has 4 atom stereocenters. The maximum Gasteiger partial charge on any atom is 0.0620 e. The molecule has 0 radical (unpaired) electrons. The highest BCUT2D eigenvalue weighted by atomic mass is 16.5. The molecule has 0 aromatic carbocycles. The van der Waals surface area contributed by atoms with Crippen LogP contribution in [0.3, 0.4) is 0 Å². The first-order valence-corrected chi connectivity index (χ1v) is 7.12. The average molecular weight is 240 g/mol. The number of hydrogen-bond acceptors (Lipinski definition) is 3. The van der Waals surface area contributed by atoms with Crippen LogP contribution in [0.1, 0.15) is 33.1 Å². The van der Waals surface area contributed by atoms with E-state index in [0.29, 0.717) is 18.0 Å². The van der Waals surface area contributed by atoms with E-state index in [0.717, 1.165) is 18.4 Å². The molecule has 2 fully saturated rings. The van der Waals surface area contributed by atoms with E-state index < -0.39 is 0 Å². The summed E-state index contributed by atoms with van der Waals surface area (Å²) in [6.07, 6.45) is 3.94. The van der Waals surface area contributed by atoms with Crippen molar-refractivity contribution in [2.45, 2.75) is 45.2 Å². The van der Waals surface area contributed by atoms with Gasteiger partial charge < -0.3 is 10.5 Å². The fraction of sp³-hybridized carbons (Fsp3) is 1.00. The van der Waals surface area contributed by atoms with E-state index >= 15 is 0 Å². The SMILES string of the molecule is COCC(C(C)C)N1CC2CCCC(N)C2C1. The predicted molar refractivity (Wildman–Crippen MR) is 70.9 cm³/mol. The molecule has 0 aromatic rings. The van der Waals surface area contributed by atoms with Crippen LogP contribution in [0.15, 0.2) is 0 Å². The van der Waals surface area contributed by atoms with E-state index in [-0.39, 0.29) is 0 Å². The minimum absolute atomic E-state index is 0.439. The summed E-state index contributed by atoms with van der Waals surface area (Å²) >= 11 is 0. The van der Waals surface area contributed by atoms with Gasteiger partial charge in [0, 0.05) is 32.3 Å². The summed E-state index contributed by atoms with van der Waals surface area (Å²) in [6.45, 7) is 7.88. The molecule has 2 rings (SSSR count). The van der Waals surface area contributed by atoms with Crippen LogP contribution in [0, 0.1) is 17.8 Å². The highest BCUT2D eigenvalue weighted by Gasteiger charge is 2.41. The summed E-state index contributed by atoms with van der Waals surface area (Å²) in [6, 6.07) is 1.01. The van der Waals surface area contributed by atoms with Crippen molar-refractivity contribution in [2.24, 2.45) is 23.5 Å². The van der Waals surface area contributed by atoms with E-state index in [2.05, 4.69) is 18.7 Å². The van der Waals surface area contributed by atoms with Crippen molar-refractivity contribution in [1.82, 2.24) is 4.90 Å². The third-order valence-electron chi connectivity index (χ3n) is 4.76. The largest absolute Gasteiger partial charge is 0.383 e. The van der Waals surface area contributed by atoms with Gasteiger partial charge in [0.15, 0.2) is 0 Å². The Morgan fingerprint density at radius 3 is 2.65 bits per heavy atom. The van der Waals surface area contributed by atoms with Gasteiger partial charge in [0.25, 0.3) is 0 Å². The van der Waals surface area contributed by atoms with Gasteiger partial charge in [-0.3, -0.25) is 4.90 Å². The smallest absolute Gasteiger partial charge is 0.0620 e. The molecular formula is C14H28N2O. The van der Waals surface area contributed by atoms with E-state index in [1.165, 1.54) is 32.4 Å². The summed E-state index contributed by atoms with van der Waals surface area (Å²) in [7, 11) is 1.81. The third-order valence-corrected chi connectivity index (χ3v) is 4.76. The molecule has 4 unspecified atom stereocenters. The lowest BCUT2D eigenvalue weighted by atomic mass is 9.78. The van der Waals surface area contributed by atoms with Crippen molar-refractivity contribution >= 4 is 0 Å². The third kappa shape index (κ3) is 2.83. The minimum atomic E-state index is 0.439. The zero-order valence-electron chi connectivity index (χ0n) is 11.6. The van der Waals surface area contributed by atoms with Gasteiger partial charge in [-0.15, -0.1) is 0 Å². The number of hydrogen-bond donors (Lipinski definition) is 1. The molecule has 0 amide bonds. The number of nitrogens with zero attached hydrogens (tertiary/aromatic N) is 1. The van der Waals surface area contributed by atoms with Crippen LogP contribution in [0.5, 0.6) is 0 Å². The standard InChI is InChI=1S/C14H28N2O/c1-10(2)14(9-17-3)16-7-11-5-4-6-13(15)12(11)8-16/h10-14H,4-9,15H2,1-3H3. The van der Waals surface area contributed by atoms with Crippen LogP contribution >= 0.6 is 0 Å². The Morgan fingerprint density at radius 1 is 1.29 bits per heavy atom. The zero-order chi connectivity index (χ0) is 12.4. The highest BCUT2D eigenvalue weighted by Crippen LogP contribution is 2.37. The maximum atomic E-state index is 6.27. The number of methoxy groups -OCH3 is 1. The molecule has 2 aliphatic rings. The van der Waals surface area contributed by atoms with Crippen molar-refractivity contribution in [2.75, 3.05) is 26.8 Å². The monoisotopic (exact) mass is 240 g/mol. The molecule has 100 valence electrons. The number of ether oxygens (including phenoxy) is 1. The lowest BCUT2D eigenvalue weighted by molar-refractivity contribution is 0.0753. The van der Waals surface area contributed by atoms with E-state index in [1.54, 1.807) is 0 Å². The van der Waals surface area contributed by atoms with Gasteiger partial charge in [-0.25, -0.2) is 0 Å². The van der Waals surface area contributed by atoms with Gasteiger partial charge in [0.05, 0.1) is 6.61 Å². The zero-order valence-corrected chi connectivity index (χ0v) is 11.6. The first-order valence-electron chi connectivity index (χ1n) is 7.12. The van der Waals surface area contributed by atoms with E-state index in [1.807, 2.05) is 7.11 Å². The minimum Gasteiger partial charge on any atom is -0.383 e. The topological polar surface area (TPSA) is 38.5 Å². The van der Waals surface area contributed by atoms with Gasteiger partial charge in [-0.1, -0.05) is 20.3 Å². The van der Waals surface area contributed by atoms with Gasteiger partial charge in [0.1, 0.15) is 0 Å². The first-order chi connectivity index (χ1) is 8.13. The highest BCUT2D eigenvalue weighted by molar-refractivity contribution is 4.95. The van der Waals surface area contributed by atoms with Crippen LogP contribution in [-0.2, 0) is 4.74 Å². The van der Waals surface area contributed by atoms with Gasteiger partial charge >= 0.3 is 0 Å². The van der Waals surface area contributed by atoms with Crippen molar-refractivity contribution in [3.8, 4) is 0 Å². The van der Waals surface area contributed by atoms with Gasteiger partial charge in [-0.2, -0.15) is 0 Å². The molecule has 1 aliphatic heterocycles. The number of rotatable bonds is 4. The fourth-order valence-corrected chi connectivity index (χ4v) is 3.71.